The predicted molar refractivity (Wildman–Crippen MR) is 125 cm³/mol. The molecule has 2 aromatic heterocycles. The molecule has 2 heterocycles. The van der Waals surface area contributed by atoms with Crippen LogP contribution in [-0.4, -0.2) is 26.2 Å². The number of nitrogens with zero attached hydrogens (tertiary/aromatic N) is 2. The number of nitrogens with one attached hydrogen (secondary N) is 2. The highest BCUT2D eigenvalue weighted by Gasteiger charge is 2.29. The van der Waals surface area contributed by atoms with E-state index in [1.54, 1.807) is 4.57 Å². The van der Waals surface area contributed by atoms with E-state index in [0.717, 1.165) is 35.2 Å². The molecule has 31 heavy (non-hydrogen) atoms. The zero-order chi connectivity index (χ0) is 21.4. The van der Waals surface area contributed by atoms with E-state index in [4.69, 9.17) is 4.98 Å². The first kappa shape index (κ1) is 19.6. The van der Waals surface area contributed by atoms with Gasteiger partial charge in [0.15, 0.2) is 5.16 Å². The highest BCUT2D eigenvalue weighted by atomic mass is 32.2. The molecule has 7 heteroatoms. The molecule has 156 valence electrons. The number of hydrogen-bond acceptors (Lipinski definition) is 4. The number of para-hydroxylation sites is 1. The van der Waals surface area contributed by atoms with Gasteiger partial charge in [-0.15, -0.1) is 0 Å². The van der Waals surface area contributed by atoms with Crippen molar-refractivity contribution in [2.45, 2.75) is 31.0 Å². The Bertz CT molecular complexity index is 1320. The molecule has 2 aromatic carbocycles. The summed E-state index contributed by atoms with van der Waals surface area (Å²) in [4.78, 5) is 33.8. The number of rotatable bonds is 6. The van der Waals surface area contributed by atoms with E-state index in [9.17, 15) is 9.59 Å². The zero-order valence-corrected chi connectivity index (χ0v) is 17.9. The molecule has 6 nitrogen and oxygen atoms in total. The number of aryl methyl sites for hydroxylation is 1. The molecule has 0 saturated heterocycles. The second-order valence-electron chi connectivity index (χ2n) is 7.74. The number of fused-ring (bicyclic) bond motifs is 1. The van der Waals surface area contributed by atoms with Crippen LogP contribution in [0.4, 0.5) is 5.69 Å². The van der Waals surface area contributed by atoms with Crippen LogP contribution in [0.25, 0.3) is 22.2 Å². The number of anilines is 1. The number of aromatic nitrogens is 3. The van der Waals surface area contributed by atoms with E-state index in [-0.39, 0.29) is 23.3 Å². The summed E-state index contributed by atoms with van der Waals surface area (Å²) in [6.07, 6.45) is 3.76. The van der Waals surface area contributed by atoms with Crippen LogP contribution in [0, 0.1) is 6.92 Å². The van der Waals surface area contributed by atoms with Gasteiger partial charge in [-0.05, 0) is 37.0 Å². The van der Waals surface area contributed by atoms with Gasteiger partial charge in [0.2, 0.25) is 5.91 Å². The molecule has 1 aliphatic rings. The van der Waals surface area contributed by atoms with Gasteiger partial charge in [0, 0.05) is 23.5 Å². The van der Waals surface area contributed by atoms with Crippen LogP contribution in [0.3, 0.4) is 0 Å². The molecule has 0 spiro atoms. The van der Waals surface area contributed by atoms with E-state index in [2.05, 4.69) is 10.3 Å². The fraction of sp³-hybridized carbons (Fsp3) is 0.208. The molecule has 1 saturated carbocycles. The van der Waals surface area contributed by atoms with Crippen LogP contribution in [0.5, 0.6) is 0 Å². The normalized spacial score (nSPS) is 13.5. The van der Waals surface area contributed by atoms with Crippen molar-refractivity contribution in [2.24, 2.45) is 0 Å². The zero-order valence-electron chi connectivity index (χ0n) is 17.1. The summed E-state index contributed by atoms with van der Waals surface area (Å²) in [5.41, 5.74) is 4.79. The van der Waals surface area contributed by atoms with Gasteiger partial charge in [0.05, 0.1) is 5.75 Å². The van der Waals surface area contributed by atoms with Gasteiger partial charge in [0.1, 0.15) is 11.0 Å². The van der Waals surface area contributed by atoms with E-state index in [1.165, 1.54) is 11.8 Å². The van der Waals surface area contributed by atoms with Crippen molar-refractivity contribution in [3.63, 3.8) is 0 Å². The molecule has 1 aliphatic carbocycles. The van der Waals surface area contributed by atoms with E-state index >= 15 is 0 Å². The van der Waals surface area contributed by atoms with Crippen LogP contribution < -0.4 is 10.9 Å². The van der Waals surface area contributed by atoms with Crippen molar-refractivity contribution in [1.29, 1.82) is 0 Å². The van der Waals surface area contributed by atoms with Gasteiger partial charge in [-0.2, -0.15) is 0 Å². The fourth-order valence-electron chi connectivity index (χ4n) is 3.68. The minimum absolute atomic E-state index is 0.0727. The Hall–Kier alpha value is -3.32. The summed E-state index contributed by atoms with van der Waals surface area (Å²) in [5, 5.41) is 3.54. The lowest BCUT2D eigenvalue weighted by atomic mass is 10.1. The Morgan fingerprint density at radius 3 is 2.65 bits per heavy atom. The number of benzene rings is 2. The monoisotopic (exact) mass is 430 g/mol. The van der Waals surface area contributed by atoms with Crippen LogP contribution in [-0.2, 0) is 4.79 Å². The average Bonchev–Trinajstić information content (AvgIpc) is 3.52. The fourth-order valence-corrected chi connectivity index (χ4v) is 4.53. The van der Waals surface area contributed by atoms with Gasteiger partial charge in [-0.1, -0.05) is 60.3 Å². The molecule has 0 atom stereocenters. The number of amides is 1. The third-order valence-corrected chi connectivity index (χ3v) is 6.40. The lowest BCUT2D eigenvalue weighted by Gasteiger charge is -2.12. The maximum atomic E-state index is 13.2. The maximum absolute atomic E-state index is 13.2. The number of thioether (sulfide) groups is 1. The molecular formula is C24H22N4O2S. The second-order valence-corrected chi connectivity index (χ2v) is 8.69. The quantitative estimate of drug-likeness (QED) is 0.341. The first-order valence-electron chi connectivity index (χ1n) is 10.3. The molecule has 0 aliphatic heterocycles. The summed E-state index contributed by atoms with van der Waals surface area (Å²) in [6.45, 7) is 1.96. The Labute approximate surface area is 183 Å². The largest absolute Gasteiger partial charge is 0.355 e. The number of aromatic amines is 1. The van der Waals surface area contributed by atoms with Crippen molar-refractivity contribution in [3.05, 3.63) is 76.7 Å². The highest BCUT2D eigenvalue weighted by molar-refractivity contribution is 7.99. The molecule has 2 N–H and O–H groups in total. The molecule has 0 radical (unpaired) electrons. The molecule has 0 bridgehead atoms. The third-order valence-electron chi connectivity index (χ3n) is 5.45. The van der Waals surface area contributed by atoms with Crippen molar-refractivity contribution in [1.82, 2.24) is 14.5 Å². The summed E-state index contributed by atoms with van der Waals surface area (Å²) < 4.78 is 1.75. The highest BCUT2D eigenvalue weighted by Crippen LogP contribution is 2.37. The SMILES string of the molecule is Cc1ccccc1NC(=O)CSc1nc2c(-c3ccccc3)c[nH]c2c(=O)n1C1CC1. The summed E-state index contributed by atoms with van der Waals surface area (Å²) in [7, 11) is 0. The summed E-state index contributed by atoms with van der Waals surface area (Å²) in [6, 6.07) is 17.7. The number of carbonyl (C=O) groups excluding carboxylic acids is 1. The Morgan fingerprint density at radius 1 is 1.16 bits per heavy atom. The number of carbonyl (C=O) groups is 1. The minimum atomic E-state index is -0.117. The van der Waals surface area contributed by atoms with Crippen molar-refractivity contribution >= 4 is 34.4 Å². The van der Waals surface area contributed by atoms with Gasteiger partial charge >= 0.3 is 0 Å². The van der Waals surface area contributed by atoms with Crippen molar-refractivity contribution in [3.8, 4) is 11.1 Å². The van der Waals surface area contributed by atoms with Gasteiger partial charge < -0.3 is 10.3 Å². The maximum Gasteiger partial charge on any atom is 0.278 e. The summed E-state index contributed by atoms with van der Waals surface area (Å²) >= 11 is 1.31. The van der Waals surface area contributed by atoms with Crippen LogP contribution in [0.2, 0.25) is 0 Å². The van der Waals surface area contributed by atoms with Crippen molar-refractivity contribution < 1.29 is 4.79 Å². The predicted octanol–water partition coefficient (Wildman–Crippen LogP) is 4.77. The smallest absolute Gasteiger partial charge is 0.278 e. The first-order valence-corrected chi connectivity index (χ1v) is 11.3. The van der Waals surface area contributed by atoms with Crippen LogP contribution in [0.15, 0.2) is 70.7 Å². The van der Waals surface area contributed by atoms with E-state index in [1.807, 2.05) is 67.7 Å². The Balaban J connectivity index is 1.47. The molecule has 1 amide bonds. The lowest BCUT2D eigenvalue weighted by Crippen LogP contribution is -2.23. The molecule has 0 unspecified atom stereocenters. The summed E-state index contributed by atoms with van der Waals surface area (Å²) in [5.74, 6) is 0.0673. The Morgan fingerprint density at radius 2 is 1.90 bits per heavy atom. The van der Waals surface area contributed by atoms with Crippen LogP contribution in [0.1, 0.15) is 24.4 Å². The number of hydrogen-bond donors (Lipinski definition) is 2. The van der Waals surface area contributed by atoms with Gasteiger partial charge in [-0.3, -0.25) is 14.2 Å². The van der Waals surface area contributed by atoms with E-state index < -0.39 is 0 Å². The van der Waals surface area contributed by atoms with Gasteiger partial charge in [-0.25, -0.2) is 4.98 Å². The number of H-pyrrole nitrogens is 1. The van der Waals surface area contributed by atoms with Gasteiger partial charge in [0.25, 0.3) is 5.56 Å². The molecule has 1 fully saturated rings. The minimum Gasteiger partial charge on any atom is -0.355 e. The average molecular weight is 431 g/mol. The van der Waals surface area contributed by atoms with Crippen LogP contribution >= 0.6 is 11.8 Å². The van der Waals surface area contributed by atoms with E-state index in [0.29, 0.717) is 16.2 Å². The molecule has 5 rings (SSSR count). The first-order chi connectivity index (χ1) is 15.1. The third kappa shape index (κ3) is 3.88. The molecular weight excluding hydrogens is 408 g/mol. The standard InChI is InChI=1S/C24H22N4O2S/c1-15-7-5-6-10-19(15)26-20(29)14-31-24-27-21-18(16-8-3-2-4-9-16)13-25-22(21)23(30)28(24)17-11-12-17/h2-10,13,17,25H,11-12,14H2,1H3,(H,26,29). The van der Waals surface area contributed by atoms with Crippen molar-refractivity contribution in [2.75, 3.05) is 11.1 Å². The lowest BCUT2D eigenvalue weighted by molar-refractivity contribution is -0.113. The second kappa shape index (κ2) is 8.07. The Kier molecular flexibility index (Phi) is 5.11. The topological polar surface area (TPSA) is 79.8 Å². The molecule has 4 aromatic rings.